The molecule has 1 aromatic carbocycles. The van der Waals surface area contributed by atoms with Crippen LogP contribution in [0.15, 0.2) is 30.3 Å². The van der Waals surface area contributed by atoms with E-state index in [1.165, 1.54) is 0 Å². The van der Waals surface area contributed by atoms with Gasteiger partial charge in [-0.05, 0) is 37.3 Å². The van der Waals surface area contributed by atoms with Gasteiger partial charge in [-0.3, -0.25) is 19.2 Å². The highest BCUT2D eigenvalue weighted by molar-refractivity contribution is 5.95. The highest BCUT2D eigenvalue weighted by atomic mass is 16.4. The Bertz CT molecular complexity index is 894. The highest BCUT2D eigenvalue weighted by Crippen LogP contribution is 2.09. The van der Waals surface area contributed by atoms with Crippen LogP contribution in [0, 0.1) is 5.92 Å². The van der Waals surface area contributed by atoms with E-state index in [2.05, 4.69) is 16.0 Å². The van der Waals surface area contributed by atoms with Crippen molar-refractivity contribution in [3.05, 3.63) is 35.9 Å². The summed E-state index contributed by atoms with van der Waals surface area (Å²) < 4.78 is 0. The van der Waals surface area contributed by atoms with Crippen LogP contribution in [0.2, 0.25) is 0 Å². The van der Waals surface area contributed by atoms with Crippen molar-refractivity contribution in [3.63, 3.8) is 0 Å². The average Bonchev–Trinajstić information content (AvgIpc) is 2.81. The lowest BCUT2D eigenvalue weighted by Gasteiger charge is -2.27. The van der Waals surface area contributed by atoms with E-state index in [0.29, 0.717) is 19.4 Å². The number of rotatable bonds is 16. The first-order chi connectivity index (χ1) is 17.0. The number of unbranched alkanes of at least 4 members (excludes halogenated alkanes) is 1. The Morgan fingerprint density at radius 2 is 1.50 bits per heavy atom. The summed E-state index contributed by atoms with van der Waals surface area (Å²) in [6.07, 6.45) is 0.992. The molecule has 4 unspecified atom stereocenters. The lowest BCUT2D eigenvalue weighted by atomic mass is 10.0. The van der Waals surface area contributed by atoms with Crippen molar-refractivity contribution < 1.29 is 29.1 Å². The molecule has 0 aliphatic carbocycles. The number of carbonyl (C=O) groups excluding carboxylic acids is 4. The standard InChI is InChI=1S/C24H38N6O6/c1-14(2)20(30-21(32)16(26)13-19(27)31)23(34)28-17(10-6-7-11-25)22(33)29-18(24(35)36)12-15-8-4-3-5-9-15/h3-5,8-9,14,16-18,20H,6-7,10-13,25-26H2,1-2H3,(H2,27,31)(H,28,34)(H,29,33)(H,30,32)(H,35,36). The molecule has 4 atom stereocenters. The average molecular weight is 507 g/mol. The number of nitrogens with one attached hydrogen (secondary N) is 3. The number of aliphatic carboxylic acids is 1. The smallest absolute Gasteiger partial charge is 0.326 e. The summed E-state index contributed by atoms with van der Waals surface area (Å²) in [6.45, 7) is 3.76. The summed E-state index contributed by atoms with van der Waals surface area (Å²) in [4.78, 5) is 61.3. The minimum Gasteiger partial charge on any atom is -0.480 e. The summed E-state index contributed by atoms with van der Waals surface area (Å²) in [5.41, 5.74) is 17.0. The van der Waals surface area contributed by atoms with Gasteiger partial charge in [0.25, 0.3) is 0 Å². The summed E-state index contributed by atoms with van der Waals surface area (Å²) >= 11 is 0. The third kappa shape index (κ3) is 10.8. The Kier molecular flexibility index (Phi) is 13.1. The second-order valence-electron chi connectivity index (χ2n) is 8.94. The lowest BCUT2D eigenvalue weighted by molar-refractivity contribution is -0.142. The van der Waals surface area contributed by atoms with Gasteiger partial charge in [-0.25, -0.2) is 4.79 Å². The predicted octanol–water partition coefficient (Wildman–Crippen LogP) is -1.24. The number of carbonyl (C=O) groups is 5. The maximum atomic E-state index is 13.0. The largest absolute Gasteiger partial charge is 0.480 e. The lowest BCUT2D eigenvalue weighted by Crippen LogP contribution is -2.58. The molecule has 4 amide bonds. The second-order valence-corrected chi connectivity index (χ2v) is 8.94. The molecule has 0 bridgehead atoms. The molecular formula is C24H38N6O6. The fourth-order valence-corrected chi connectivity index (χ4v) is 3.45. The van der Waals surface area contributed by atoms with Gasteiger partial charge >= 0.3 is 5.97 Å². The molecule has 0 fully saturated rings. The Balaban J connectivity index is 2.98. The molecule has 0 radical (unpaired) electrons. The normalized spacial score (nSPS) is 14.2. The first kappa shape index (κ1) is 30.5. The van der Waals surface area contributed by atoms with Gasteiger partial charge in [0, 0.05) is 6.42 Å². The molecule has 12 nitrogen and oxygen atoms in total. The first-order valence-corrected chi connectivity index (χ1v) is 11.9. The van der Waals surface area contributed by atoms with Crippen LogP contribution in [0.4, 0.5) is 0 Å². The van der Waals surface area contributed by atoms with Crippen molar-refractivity contribution in [2.24, 2.45) is 23.1 Å². The molecule has 200 valence electrons. The maximum absolute atomic E-state index is 13.0. The van der Waals surface area contributed by atoms with Gasteiger partial charge in [0.05, 0.1) is 12.5 Å². The van der Waals surface area contributed by atoms with Gasteiger partial charge < -0.3 is 38.3 Å². The minimum atomic E-state index is -1.23. The van der Waals surface area contributed by atoms with Crippen LogP contribution in [0.1, 0.15) is 45.1 Å². The summed E-state index contributed by atoms with van der Waals surface area (Å²) in [7, 11) is 0. The van der Waals surface area contributed by atoms with Crippen molar-refractivity contribution in [1.82, 2.24) is 16.0 Å². The highest BCUT2D eigenvalue weighted by Gasteiger charge is 2.31. The molecule has 12 heteroatoms. The minimum absolute atomic E-state index is 0.0633. The third-order valence-electron chi connectivity index (χ3n) is 5.48. The molecule has 0 saturated heterocycles. The Labute approximate surface area is 210 Å². The van der Waals surface area contributed by atoms with Gasteiger partial charge in [0.15, 0.2) is 0 Å². The van der Waals surface area contributed by atoms with Gasteiger partial charge in [0.2, 0.25) is 23.6 Å². The van der Waals surface area contributed by atoms with E-state index in [4.69, 9.17) is 17.2 Å². The monoisotopic (exact) mass is 506 g/mol. The zero-order chi connectivity index (χ0) is 27.3. The fourth-order valence-electron chi connectivity index (χ4n) is 3.45. The molecule has 0 spiro atoms. The summed E-state index contributed by atoms with van der Waals surface area (Å²) in [6, 6.07) is 4.29. The maximum Gasteiger partial charge on any atom is 0.326 e. The number of amides is 4. The van der Waals surface area contributed by atoms with Crippen LogP contribution >= 0.6 is 0 Å². The molecule has 36 heavy (non-hydrogen) atoms. The van der Waals surface area contributed by atoms with Crippen LogP contribution < -0.4 is 33.2 Å². The van der Waals surface area contributed by atoms with Gasteiger partial charge in [-0.1, -0.05) is 44.2 Å². The van der Waals surface area contributed by atoms with Crippen LogP contribution in [0.25, 0.3) is 0 Å². The third-order valence-corrected chi connectivity index (χ3v) is 5.48. The second kappa shape index (κ2) is 15.5. The molecule has 0 saturated carbocycles. The van der Waals surface area contributed by atoms with Gasteiger partial charge in [-0.15, -0.1) is 0 Å². The van der Waals surface area contributed by atoms with Crippen molar-refractivity contribution in [1.29, 1.82) is 0 Å². The summed E-state index contributed by atoms with van der Waals surface area (Å²) in [5, 5.41) is 17.2. The van der Waals surface area contributed by atoms with E-state index in [9.17, 15) is 29.1 Å². The van der Waals surface area contributed by atoms with Crippen LogP contribution in [0.3, 0.4) is 0 Å². The molecule has 10 N–H and O–H groups in total. The predicted molar refractivity (Wildman–Crippen MR) is 133 cm³/mol. The van der Waals surface area contributed by atoms with E-state index < -0.39 is 53.8 Å². The SMILES string of the molecule is CC(C)C(NC(=O)C(N)CC(N)=O)C(=O)NC(CCCCN)C(=O)NC(Cc1ccccc1)C(=O)O. The number of nitrogens with two attached hydrogens (primary N) is 3. The molecule has 1 rings (SSSR count). The van der Waals surface area contributed by atoms with E-state index in [-0.39, 0.29) is 25.2 Å². The van der Waals surface area contributed by atoms with Crippen molar-refractivity contribution in [3.8, 4) is 0 Å². The number of primary amides is 1. The topological polar surface area (TPSA) is 220 Å². The van der Waals surface area contributed by atoms with E-state index in [1.54, 1.807) is 44.2 Å². The Hall–Kier alpha value is -3.51. The van der Waals surface area contributed by atoms with Crippen molar-refractivity contribution in [2.45, 2.75) is 70.1 Å². The number of carboxylic acids is 1. The van der Waals surface area contributed by atoms with Gasteiger partial charge in [0.1, 0.15) is 18.1 Å². The van der Waals surface area contributed by atoms with Crippen LogP contribution in [-0.2, 0) is 30.4 Å². The summed E-state index contributed by atoms with van der Waals surface area (Å²) in [5.74, 6) is -4.40. The molecule has 1 aromatic rings. The Morgan fingerprint density at radius 3 is 2.03 bits per heavy atom. The molecule has 0 heterocycles. The first-order valence-electron chi connectivity index (χ1n) is 11.9. The molecule has 0 aliphatic heterocycles. The zero-order valence-corrected chi connectivity index (χ0v) is 20.7. The molecular weight excluding hydrogens is 468 g/mol. The van der Waals surface area contributed by atoms with Crippen molar-refractivity contribution in [2.75, 3.05) is 6.54 Å². The number of hydrogen-bond donors (Lipinski definition) is 7. The quantitative estimate of drug-likeness (QED) is 0.134. The van der Waals surface area contributed by atoms with Crippen LogP contribution in [0.5, 0.6) is 0 Å². The molecule has 0 aromatic heterocycles. The van der Waals surface area contributed by atoms with E-state index >= 15 is 0 Å². The van der Waals surface area contributed by atoms with Gasteiger partial charge in [-0.2, -0.15) is 0 Å². The van der Waals surface area contributed by atoms with E-state index in [1.807, 2.05) is 0 Å². The zero-order valence-electron chi connectivity index (χ0n) is 20.7. The van der Waals surface area contributed by atoms with Crippen molar-refractivity contribution >= 4 is 29.6 Å². The Morgan fingerprint density at radius 1 is 0.889 bits per heavy atom. The van der Waals surface area contributed by atoms with Crippen LogP contribution in [-0.4, -0.2) is 65.4 Å². The number of hydrogen-bond acceptors (Lipinski definition) is 7. The fraction of sp³-hybridized carbons (Fsp3) is 0.542. The number of benzene rings is 1. The molecule has 0 aliphatic rings. The number of carboxylic acid groups (broad SMARTS) is 1. The van der Waals surface area contributed by atoms with E-state index in [0.717, 1.165) is 5.56 Å².